The predicted octanol–water partition coefficient (Wildman–Crippen LogP) is 2.66. The van der Waals surface area contributed by atoms with Crippen LogP contribution in [-0.4, -0.2) is 29.2 Å². The monoisotopic (exact) mass is 330 g/mol. The molecule has 3 aromatic rings. The zero-order valence-corrected chi connectivity index (χ0v) is 14.1. The van der Waals surface area contributed by atoms with Crippen molar-refractivity contribution >= 4 is 26.9 Å². The molecule has 0 bridgehead atoms. The maximum Gasteiger partial charge on any atom is 0.229 e. The van der Waals surface area contributed by atoms with E-state index in [2.05, 4.69) is 14.7 Å². The fraction of sp³-hybridized carbons (Fsp3) is 0.250. The number of sulfonamides is 1. The molecule has 1 N–H and O–H groups in total. The molecule has 0 aliphatic carbocycles. The Labute approximate surface area is 135 Å². The third-order valence-electron chi connectivity index (χ3n) is 3.62. The Morgan fingerprint density at radius 3 is 2.52 bits per heavy atom. The van der Waals surface area contributed by atoms with Gasteiger partial charge < -0.3 is 0 Å². The first kappa shape index (κ1) is 15.5. The molecule has 2 aromatic heterocycles. The van der Waals surface area contributed by atoms with Gasteiger partial charge in [0.2, 0.25) is 10.0 Å². The van der Waals surface area contributed by atoms with Crippen molar-refractivity contribution in [2.75, 3.05) is 11.0 Å². The number of nitrogens with zero attached hydrogens (tertiary/aromatic N) is 3. The molecular formula is C16H18N4O2S. The van der Waals surface area contributed by atoms with E-state index in [1.54, 1.807) is 6.20 Å². The Hall–Kier alpha value is -2.41. The smallest absolute Gasteiger partial charge is 0.229 e. The summed E-state index contributed by atoms with van der Waals surface area (Å²) in [5.41, 5.74) is 3.65. The second kappa shape index (κ2) is 5.66. The van der Waals surface area contributed by atoms with Crippen molar-refractivity contribution in [2.45, 2.75) is 20.3 Å². The van der Waals surface area contributed by atoms with Gasteiger partial charge in [-0.05, 0) is 19.1 Å². The molecule has 6 nitrogen and oxygen atoms in total. The van der Waals surface area contributed by atoms with Crippen LogP contribution in [0.15, 0.2) is 36.5 Å². The van der Waals surface area contributed by atoms with Gasteiger partial charge in [-0.1, -0.05) is 25.1 Å². The molecule has 0 aliphatic rings. The minimum Gasteiger partial charge on any atom is -0.282 e. The standard InChI is InChI=1S/C16H18N4O2S/c1-4-14-18-15-11(2)13(19-23(3,21)22)10-17-16(15)20(14)12-8-6-5-7-9-12/h5-10,19H,4H2,1-3H3. The van der Waals surface area contributed by atoms with Crippen LogP contribution in [0.4, 0.5) is 5.69 Å². The Morgan fingerprint density at radius 2 is 1.91 bits per heavy atom. The van der Waals surface area contributed by atoms with E-state index in [4.69, 9.17) is 0 Å². The first-order valence-corrected chi connectivity index (χ1v) is 9.20. The second-order valence-corrected chi connectivity index (χ2v) is 7.14. The summed E-state index contributed by atoms with van der Waals surface area (Å²) >= 11 is 0. The number of para-hydroxylation sites is 1. The molecule has 0 fully saturated rings. The van der Waals surface area contributed by atoms with E-state index in [9.17, 15) is 8.42 Å². The quantitative estimate of drug-likeness (QED) is 0.798. The molecule has 7 heteroatoms. The molecule has 23 heavy (non-hydrogen) atoms. The van der Waals surface area contributed by atoms with Crippen LogP contribution < -0.4 is 4.72 Å². The van der Waals surface area contributed by atoms with Gasteiger partial charge >= 0.3 is 0 Å². The van der Waals surface area contributed by atoms with E-state index in [1.807, 2.05) is 48.7 Å². The summed E-state index contributed by atoms with van der Waals surface area (Å²) in [5, 5.41) is 0. The van der Waals surface area contributed by atoms with Crippen molar-refractivity contribution in [3.63, 3.8) is 0 Å². The van der Waals surface area contributed by atoms with Gasteiger partial charge in [-0.3, -0.25) is 9.29 Å². The summed E-state index contributed by atoms with van der Waals surface area (Å²) in [4.78, 5) is 9.11. The zero-order valence-electron chi connectivity index (χ0n) is 13.2. The maximum absolute atomic E-state index is 11.5. The van der Waals surface area contributed by atoms with E-state index in [0.29, 0.717) is 11.2 Å². The number of imidazole rings is 1. The first-order valence-electron chi connectivity index (χ1n) is 7.31. The molecule has 2 heterocycles. The van der Waals surface area contributed by atoms with Crippen LogP contribution in [0.3, 0.4) is 0 Å². The van der Waals surface area contributed by atoms with Gasteiger partial charge in [0.05, 0.1) is 18.1 Å². The summed E-state index contributed by atoms with van der Waals surface area (Å²) in [6, 6.07) is 9.89. The Morgan fingerprint density at radius 1 is 1.22 bits per heavy atom. The lowest BCUT2D eigenvalue weighted by Gasteiger charge is -2.09. The number of hydrogen-bond donors (Lipinski definition) is 1. The van der Waals surface area contributed by atoms with Crippen molar-refractivity contribution in [1.82, 2.24) is 14.5 Å². The van der Waals surface area contributed by atoms with Crippen LogP contribution in [0.25, 0.3) is 16.9 Å². The highest BCUT2D eigenvalue weighted by Crippen LogP contribution is 2.27. The van der Waals surface area contributed by atoms with Crippen LogP contribution in [0.5, 0.6) is 0 Å². The molecule has 3 rings (SSSR count). The van der Waals surface area contributed by atoms with Gasteiger partial charge in [0.25, 0.3) is 0 Å². The SMILES string of the molecule is CCc1nc2c(C)c(NS(C)(=O)=O)cnc2n1-c1ccccc1. The molecule has 0 saturated carbocycles. The van der Waals surface area contributed by atoms with Crippen molar-refractivity contribution in [1.29, 1.82) is 0 Å². The molecule has 0 amide bonds. The highest BCUT2D eigenvalue weighted by Gasteiger charge is 2.17. The summed E-state index contributed by atoms with van der Waals surface area (Å²) in [6.07, 6.45) is 3.41. The minimum absolute atomic E-state index is 0.459. The molecule has 0 spiro atoms. The average molecular weight is 330 g/mol. The van der Waals surface area contributed by atoms with Crippen molar-refractivity contribution in [3.8, 4) is 5.69 Å². The molecule has 0 saturated heterocycles. The highest BCUT2D eigenvalue weighted by molar-refractivity contribution is 7.92. The molecule has 0 atom stereocenters. The fourth-order valence-corrected chi connectivity index (χ4v) is 3.17. The summed E-state index contributed by atoms with van der Waals surface area (Å²) in [5.74, 6) is 0.887. The highest BCUT2D eigenvalue weighted by atomic mass is 32.2. The number of hydrogen-bond acceptors (Lipinski definition) is 4. The van der Waals surface area contributed by atoms with Gasteiger partial charge in [-0.2, -0.15) is 0 Å². The number of pyridine rings is 1. The predicted molar refractivity (Wildman–Crippen MR) is 91.4 cm³/mol. The third kappa shape index (κ3) is 2.92. The van der Waals surface area contributed by atoms with Crippen LogP contribution in [0.2, 0.25) is 0 Å². The largest absolute Gasteiger partial charge is 0.282 e. The van der Waals surface area contributed by atoms with E-state index < -0.39 is 10.0 Å². The van der Waals surface area contributed by atoms with Crippen LogP contribution in [0, 0.1) is 6.92 Å². The maximum atomic E-state index is 11.5. The second-order valence-electron chi connectivity index (χ2n) is 5.40. The van der Waals surface area contributed by atoms with Crippen molar-refractivity contribution in [3.05, 3.63) is 47.9 Å². The lowest BCUT2D eigenvalue weighted by atomic mass is 10.2. The van der Waals surface area contributed by atoms with Crippen LogP contribution in [-0.2, 0) is 16.4 Å². The number of nitrogens with one attached hydrogen (secondary N) is 1. The van der Waals surface area contributed by atoms with Gasteiger partial charge in [0.15, 0.2) is 5.65 Å². The summed E-state index contributed by atoms with van der Waals surface area (Å²) in [7, 11) is -3.35. The van der Waals surface area contributed by atoms with Crippen LogP contribution >= 0.6 is 0 Å². The van der Waals surface area contributed by atoms with Gasteiger partial charge in [0.1, 0.15) is 11.3 Å². The topological polar surface area (TPSA) is 76.9 Å². The minimum atomic E-state index is -3.35. The number of benzene rings is 1. The number of aryl methyl sites for hydroxylation is 2. The van der Waals surface area contributed by atoms with E-state index >= 15 is 0 Å². The molecular weight excluding hydrogens is 312 g/mol. The Balaban J connectivity index is 2.25. The zero-order chi connectivity index (χ0) is 16.6. The first-order chi connectivity index (χ1) is 10.9. The van der Waals surface area contributed by atoms with Gasteiger partial charge in [-0.25, -0.2) is 18.4 Å². The fourth-order valence-electron chi connectivity index (χ4n) is 2.57. The van der Waals surface area contributed by atoms with E-state index in [1.165, 1.54) is 0 Å². The molecule has 120 valence electrons. The molecule has 0 radical (unpaired) electrons. The number of anilines is 1. The van der Waals surface area contributed by atoms with Crippen molar-refractivity contribution in [2.24, 2.45) is 0 Å². The lowest BCUT2D eigenvalue weighted by molar-refractivity contribution is 0.606. The Bertz CT molecular complexity index is 963. The number of fused-ring (bicyclic) bond motifs is 1. The normalized spacial score (nSPS) is 11.8. The molecule has 0 aliphatic heterocycles. The van der Waals surface area contributed by atoms with Gasteiger partial charge in [-0.15, -0.1) is 0 Å². The number of aromatic nitrogens is 3. The number of rotatable bonds is 4. The van der Waals surface area contributed by atoms with E-state index in [-0.39, 0.29) is 0 Å². The van der Waals surface area contributed by atoms with Crippen molar-refractivity contribution < 1.29 is 8.42 Å². The Kier molecular flexibility index (Phi) is 3.81. The average Bonchev–Trinajstić information content (AvgIpc) is 2.89. The van der Waals surface area contributed by atoms with Gasteiger partial charge in [0, 0.05) is 17.7 Å². The molecule has 0 unspecified atom stereocenters. The summed E-state index contributed by atoms with van der Waals surface area (Å²) < 4.78 is 27.4. The van der Waals surface area contributed by atoms with Crippen LogP contribution in [0.1, 0.15) is 18.3 Å². The summed E-state index contributed by atoms with van der Waals surface area (Å²) in [6.45, 7) is 3.88. The molecule has 1 aromatic carbocycles. The van der Waals surface area contributed by atoms with E-state index in [0.717, 1.165) is 35.4 Å². The third-order valence-corrected chi connectivity index (χ3v) is 4.21. The lowest BCUT2D eigenvalue weighted by Crippen LogP contribution is -2.11.